The van der Waals surface area contributed by atoms with Gasteiger partial charge in [0, 0.05) is 4.47 Å². The van der Waals surface area contributed by atoms with Crippen molar-refractivity contribution in [3.8, 4) is 0 Å². The first kappa shape index (κ1) is 15.3. The van der Waals surface area contributed by atoms with Gasteiger partial charge in [-0.15, -0.1) is 0 Å². The summed E-state index contributed by atoms with van der Waals surface area (Å²) in [5, 5.41) is 3.46. The van der Waals surface area contributed by atoms with Crippen LogP contribution in [0.1, 0.15) is 13.8 Å². The van der Waals surface area contributed by atoms with Crippen LogP contribution >= 0.6 is 55.1 Å². The highest BCUT2D eigenvalue weighted by molar-refractivity contribution is 9.10. The van der Waals surface area contributed by atoms with Crippen molar-refractivity contribution in [3.05, 3.63) is 26.7 Å². The Hall–Kier alpha value is 0.230. The van der Waals surface area contributed by atoms with E-state index in [1.54, 1.807) is 12.1 Å². The molecule has 1 aromatic rings. The zero-order valence-electron chi connectivity index (χ0n) is 9.23. The Morgan fingerprint density at radius 1 is 1.29 bits per heavy atom. The molecule has 1 aromatic carbocycles. The molecule has 1 rings (SSSR count). The molecule has 94 valence electrons. The topological polar surface area (TPSA) is 29.1 Å². The Labute approximate surface area is 127 Å². The van der Waals surface area contributed by atoms with E-state index in [0.717, 1.165) is 0 Å². The maximum Gasteiger partial charge on any atom is 0.238 e. The number of anilines is 1. The van der Waals surface area contributed by atoms with Gasteiger partial charge in [-0.25, -0.2) is 0 Å². The van der Waals surface area contributed by atoms with Crippen molar-refractivity contribution in [1.29, 1.82) is 0 Å². The van der Waals surface area contributed by atoms with Crippen LogP contribution in [0.3, 0.4) is 0 Å². The molecular formula is C11H11Br2Cl2NO. The van der Waals surface area contributed by atoms with Gasteiger partial charge in [0.2, 0.25) is 5.91 Å². The number of benzene rings is 1. The van der Waals surface area contributed by atoms with E-state index in [4.69, 9.17) is 23.2 Å². The average molecular weight is 404 g/mol. The number of amides is 1. The smallest absolute Gasteiger partial charge is 0.238 e. The first-order chi connectivity index (χ1) is 7.84. The molecule has 0 aliphatic heterocycles. The van der Waals surface area contributed by atoms with Crippen LogP contribution in [0, 0.1) is 5.92 Å². The van der Waals surface area contributed by atoms with Crippen molar-refractivity contribution in [3.63, 3.8) is 0 Å². The quantitative estimate of drug-likeness (QED) is 0.551. The lowest BCUT2D eigenvalue weighted by Crippen LogP contribution is -2.27. The minimum absolute atomic E-state index is 0.139. The van der Waals surface area contributed by atoms with E-state index >= 15 is 0 Å². The van der Waals surface area contributed by atoms with E-state index in [1.165, 1.54) is 0 Å². The number of hydrogen-bond donors (Lipinski definition) is 1. The zero-order valence-corrected chi connectivity index (χ0v) is 13.9. The van der Waals surface area contributed by atoms with E-state index in [0.29, 0.717) is 20.2 Å². The number of alkyl halides is 1. The summed E-state index contributed by atoms with van der Waals surface area (Å²) in [6, 6.07) is 3.44. The number of halogens is 4. The lowest BCUT2D eigenvalue weighted by Gasteiger charge is -2.15. The second-order valence-corrected chi connectivity index (χ2v) is 6.45. The largest absolute Gasteiger partial charge is 0.324 e. The Morgan fingerprint density at radius 3 is 2.41 bits per heavy atom. The average Bonchev–Trinajstić information content (AvgIpc) is 2.28. The summed E-state index contributed by atoms with van der Waals surface area (Å²) in [6.45, 7) is 3.91. The lowest BCUT2D eigenvalue weighted by atomic mass is 10.1. The predicted octanol–water partition coefficient (Wildman–Crippen LogP) is 5.11. The van der Waals surface area contributed by atoms with Gasteiger partial charge in [-0.3, -0.25) is 4.79 Å². The summed E-state index contributed by atoms with van der Waals surface area (Å²) in [4.78, 5) is 11.6. The molecule has 2 nitrogen and oxygen atoms in total. The lowest BCUT2D eigenvalue weighted by molar-refractivity contribution is -0.116. The Balaban J connectivity index is 2.90. The number of nitrogens with one attached hydrogen (secondary N) is 1. The number of carbonyl (C=O) groups is 1. The van der Waals surface area contributed by atoms with Gasteiger partial charge in [0.25, 0.3) is 0 Å². The van der Waals surface area contributed by atoms with Crippen molar-refractivity contribution in [2.45, 2.75) is 18.7 Å². The third-order valence-corrected chi connectivity index (χ3v) is 5.37. The van der Waals surface area contributed by atoms with Gasteiger partial charge in [-0.2, -0.15) is 0 Å². The molecule has 0 heterocycles. The molecular weight excluding hydrogens is 393 g/mol. The Bertz CT molecular complexity index is 438. The number of carbonyl (C=O) groups excluding carboxylic acids is 1. The molecule has 0 aromatic heterocycles. The van der Waals surface area contributed by atoms with Crippen LogP contribution in [-0.2, 0) is 4.79 Å². The summed E-state index contributed by atoms with van der Waals surface area (Å²) >= 11 is 18.6. The van der Waals surface area contributed by atoms with Gasteiger partial charge in [0.1, 0.15) is 0 Å². The van der Waals surface area contributed by atoms with E-state index in [-0.39, 0.29) is 16.7 Å². The second kappa shape index (κ2) is 6.41. The summed E-state index contributed by atoms with van der Waals surface area (Å²) in [7, 11) is 0. The molecule has 0 saturated carbocycles. The van der Waals surface area contributed by atoms with Gasteiger partial charge >= 0.3 is 0 Å². The van der Waals surface area contributed by atoms with E-state index < -0.39 is 0 Å². The van der Waals surface area contributed by atoms with Crippen molar-refractivity contribution in [1.82, 2.24) is 0 Å². The monoisotopic (exact) mass is 401 g/mol. The highest BCUT2D eigenvalue weighted by Crippen LogP contribution is 2.36. The Morgan fingerprint density at radius 2 is 1.88 bits per heavy atom. The molecule has 1 unspecified atom stereocenters. The Kier molecular flexibility index (Phi) is 5.77. The number of hydrogen-bond acceptors (Lipinski definition) is 1. The minimum Gasteiger partial charge on any atom is -0.324 e. The summed E-state index contributed by atoms with van der Waals surface area (Å²) in [5.41, 5.74) is 0.509. The highest BCUT2D eigenvalue weighted by Gasteiger charge is 2.20. The van der Waals surface area contributed by atoms with Crippen LogP contribution in [0.25, 0.3) is 0 Å². The van der Waals surface area contributed by atoms with Gasteiger partial charge in [0.15, 0.2) is 0 Å². The summed E-state index contributed by atoms with van der Waals surface area (Å²) in [6.07, 6.45) is 0. The van der Waals surface area contributed by atoms with Gasteiger partial charge in [-0.1, -0.05) is 53.0 Å². The normalized spacial score (nSPS) is 12.6. The van der Waals surface area contributed by atoms with Crippen molar-refractivity contribution >= 4 is 66.7 Å². The van der Waals surface area contributed by atoms with Crippen LogP contribution in [0.5, 0.6) is 0 Å². The van der Waals surface area contributed by atoms with Crippen LogP contribution < -0.4 is 5.32 Å². The molecule has 6 heteroatoms. The molecule has 1 amide bonds. The van der Waals surface area contributed by atoms with Crippen molar-refractivity contribution in [2.24, 2.45) is 5.92 Å². The van der Waals surface area contributed by atoms with Crippen LogP contribution in [-0.4, -0.2) is 10.7 Å². The van der Waals surface area contributed by atoms with E-state index in [2.05, 4.69) is 37.2 Å². The maximum absolute atomic E-state index is 11.8. The summed E-state index contributed by atoms with van der Waals surface area (Å²) < 4.78 is 0.696. The SMILES string of the molecule is CC(C)C(Br)C(=O)Nc1ccc(Br)c(Cl)c1Cl. The minimum atomic E-state index is -0.263. The molecule has 0 aliphatic carbocycles. The molecule has 0 spiro atoms. The molecule has 0 bridgehead atoms. The molecule has 1 atom stereocenters. The molecule has 0 saturated heterocycles. The van der Waals surface area contributed by atoms with Crippen molar-refractivity contribution in [2.75, 3.05) is 5.32 Å². The van der Waals surface area contributed by atoms with E-state index in [1.807, 2.05) is 13.8 Å². The maximum atomic E-state index is 11.8. The third kappa shape index (κ3) is 3.85. The fourth-order valence-corrected chi connectivity index (χ4v) is 2.06. The van der Waals surface area contributed by atoms with Gasteiger partial charge < -0.3 is 5.32 Å². The van der Waals surface area contributed by atoms with Crippen LogP contribution in [0.4, 0.5) is 5.69 Å². The second-order valence-electron chi connectivity index (χ2n) is 3.86. The standard InChI is InChI=1S/C11H11Br2Cl2NO/c1-5(2)8(13)11(17)16-7-4-3-6(12)9(14)10(7)15/h3-5,8H,1-2H3,(H,16,17). The van der Waals surface area contributed by atoms with Gasteiger partial charge in [0.05, 0.1) is 20.6 Å². The molecule has 17 heavy (non-hydrogen) atoms. The van der Waals surface area contributed by atoms with Gasteiger partial charge in [-0.05, 0) is 34.0 Å². The molecule has 1 N–H and O–H groups in total. The van der Waals surface area contributed by atoms with Crippen molar-refractivity contribution < 1.29 is 4.79 Å². The molecule has 0 fully saturated rings. The van der Waals surface area contributed by atoms with Crippen LogP contribution in [0.2, 0.25) is 10.0 Å². The van der Waals surface area contributed by atoms with Crippen LogP contribution in [0.15, 0.2) is 16.6 Å². The predicted molar refractivity (Wildman–Crippen MR) is 80.3 cm³/mol. The van der Waals surface area contributed by atoms with E-state index in [9.17, 15) is 4.79 Å². The highest BCUT2D eigenvalue weighted by atomic mass is 79.9. The molecule has 0 aliphatic rings. The fourth-order valence-electron chi connectivity index (χ4n) is 1.13. The fraction of sp³-hybridized carbons (Fsp3) is 0.364. The third-order valence-electron chi connectivity index (χ3n) is 2.13. The first-order valence-electron chi connectivity index (χ1n) is 4.93. The first-order valence-corrected chi connectivity index (χ1v) is 7.39. The number of rotatable bonds is 3. The molecule has 0 radical (unpaired) electrons. The summed E-state index contributed by atoms with van der Waals surface area (Å²) in [5.74, 6) is 0.0555. The zero-order chi connectivity index (χ0) is 13.2.